The van der Waals surface area contributed by atoms with Crippen molar-refractivity contribution in [2.45, 2.75) is 0 Å². The molecule has 0 bridgehead atoms. The predicted molar refractivity (Wildman–Crippen MR) is 33.7 cm³/mol. The normalized spacial score (nSPS) is 11.6. The summed E-state index contributed by atoms with van der Waals surface area (Å²) >= 11 is 12.7. The number of rotatable bonds is 1. The Balaban J connectivity index is 3.82. The molecule has 40 valence electrons. The standard InChI is InChI=1S/C3HBrCl2O/c4-3(7)2(6)1-5/h1H/b2-1-. The van der Waals surface area contributed by atoms with Gasteiger partial charge in [-0.1, -0.05) is 23.2 Å². The highest BCUT2D eigenvalue weighted by Crippen LogP contribution is 2.07. The molecular weight excluding hydrogens is 203 g/mol. The van der Waals surface area contributed by atoms with Gasteiger partial charge >= 0.3 is 0 Å². The van der Waals surface area contributed by atoms with Crippen molar-refractivity contribution in [3.05, 3.63) is 10.6 Å². The Morgan fingerprint density at radius 2 is 2.14 bits per heavy atom. The van der Waals surface area contributed by atoms with E-state index in [1.54, 1.807) is 0 Å². The minimum Gasteiger partial charge on any atom is -0.280 e. The fourth-order valence-electron chi connectivity index (χ4n) is 0.0429. The first kappa shape index (κ1) is 7.47. The van der Waals surface area contributed by atoms with E-state index in [0.29, 0.717) is 0 Å². The summed E-state index contributed by atoms with van der Waals surface area (Å²) < 4.78 is -0.399. The molecule has 0 aromatic rings. The van der Waals surface area contributed by atoms with Crippen molar-refractivity contribution in [2.75, 3.05) is 0 Å². The molecule has 0 radical (unpaired) electrons. The van der Waals surface area contributed by atoms with Crippen molar-refractivity contribution in [2.24, 2.45) is 0 Å². The van der Waals surface area contributed by atoms with Crippen LogP contribution < -0.4 is 0 Å². The Morgan fingerprint density at radius 1 is 1.71 bits per heavy atom. The molecule has 0 spiro atoms. The fraction of sp³-hybridized carbons (Fsp3) is 0. The van der Waals surface area contributed by atoms with E-state index in [-0.39, 0.29) is 5.03 Å². The van der Waals surface area contributed by atoms with Crippen LogP contribution in [0.2, 0.25) is 0 Å². The lowest BCUT2D eigenvalue weighted by Crippen LogP contribution is -1.79. The molecule has 0 unspecified atom stereocenters. The van der Waals surface area contributed by atoms with E-state index in [1.165, 1.54) is 0 Å². The lowest BCUT2D eigenvalue weighted by atomic mass is 10.7. The molecule has 0 saturated heterocycles. The summed E-state index contributed by atoms with van der Waals surface area (Å²) in [6.45, 7) is 0. The zero-order chi connectivity index (χ0) is 5.86. The zero-order valence-electron chi connectivity index (χ0n) is 3.12. The molecule has 0 heterocycles. The van der Waals surface area contributed by atoms with Crippen molar-refractivity contribution in [3.8, 4) is 0 Å². The van der Waals surface area contributed by atoms with Crippen LogP contribution in [0.3, 0.4) is 0 Å². The van der Waals surface area contributed by atoms with Crippen LogP contribution in [0, 0.1) is 0 Å². The molecule has 0 N–H and O–H groups in total. The molecule has 0 aromatic heterocycles. The van der Waals surface area contributed by atoms with Crippen LogP contribution in [0.1, 0.15) is 0 Å². The van der Waals surface area contributed by atoms with E-state index in [1.807, 2.05) is 0 Å². The van der Waals surface area contributed by atoms with E-state index >= 15 is 0 Å². The van der Waals surface area contributed by atoms with Gasteiger partial charge in [-0.3, -0.25) is 4.79 Å². The maximum absolute atomic E-state index is 10.0. The quantitative estimate of drug-likeness (QED) is 0.472. The summed E-state index contributed by atoms with van der Waals surface area (Å²) in [6, 6.07) is 0. The smallest absolute Gasteiger partial charge is 0.240 e. The maximum Gasteiger partial charge on any atom is 0.240 e. The molecule has 0 aliphatic rings. The number of hydrogen-bond donors (Lipinski definition) is 0. The van der Waals surface area contributed by atoms with E-state index in [2.05, 4.69) is 15.9 Å². The van der Waals surface area contributed by atoms with Gasteiger partial charge in [0.1, 0.15) is 5.03 Å². The summed E-state index contributed by atoms with van der Waals surface area (Å²) in [5.41, 5.74) is 0.999. The molecule has 0 fully saturated rings. The average molecular weight is 204 g/mol. The minimum absolute atomic E-state index is 0.0123. The van der Waals surface area contributed by atoms with Crippen LogP contribution in [-0.2, 0) is 4.79 Å². The summed E-state index contributed by atoms with van der Waals surface area (Å²) in [7, 11) is 0. The van der Waals surface area contributed by atoms with Gasteiger partial charge in [0.15, 0.2) is 0 Å². The third-order valence-electron chi connectivity index (χ3n) is 0.284. The molecule has 0 amide bonds. The second-order valence-electron chi connectivity index (χ2n) is 0.731. The summed E-state index contributed by atoms with van der Waals surface area (Å²) in [4.78, 5) is 10.0. The van der Waals surface area contributed by atoms with Crippen molar-refractivity contribution in [3.63, 3.8) is 0 Å². The van der Waals surface area contributed by atoms with Crippen molar-refractivity contribution >= 4 is 43.8 Å². The number of carbonyl (C=O) groups excluding carboxylic acids is 1. The maximum atomic E-state index is 10.0. The molecule has 1 nitrogen and oxygen atoms in total. The van der Waals surface area contributed by atoms with Crippen molar-refractivity contribution < 1.29 is 4.79 Å². The monoisotopic (exact) mass is 202 g/mol. The third kappa shape index (κ3) is 3.09. The predicted octanol–water partition coefficient (Wildman–Crippen LogP) is 2.23. The van der Waals surface area contributed by atoms with E-state index < -0.39 is 4.69 Å². The second kappa shape index (κ2) is 3.47. The Kier molecular flexibility index (Phi) is 3.70. The lowest BCUT2D eigenvalue weighted by molar-refractivity contribution is -0.106. The van der Waals surface area contributed by atoms with Gasteiger partial charge in [0.05, 0.1) is 0 Å². The Hall–Kier alpha value is 0.470. The largest absolute Gasteiger partial charge is 0.280 e. The highest BCUT2D eigenvalue weighted by molar-refractivity contribution is 9.18. The first-order valence-electron chi connectivity index (χ1n) is 1.34. The molecule has 0 rings (SSSR count). The first-order valence-corrected chi connectivity index (χ1v) is 2.95. The van der Waals surface area contributed by atoms with Crippen LogP contribution in [0.5, 0.6) is 0 Å². The van der Waals surface area contributed by atoms with Gasteiger partial charge in [-0.05, 0) is 15.9 Å². The average Bonchev–Trinajstić information content (AvgIpc) is 1.65. The van der Waals surface area contributed by atoms with Gasteiger partial charge in [0.2, 0.25) is 4.69 Å². The van der Waals surface area contributed by atoms with E-state index in [9.17, 15) is 4.79 Å². The lowest BCUT2D eigenvalue weighted by Gasteiger charge is -1.78. The highest BCUT2D eigenvalue weighted by atomic mass is 79.9. The molecular formula is C3HBrCl2O. The van der Waals surface area contributed by atoms with Crippen LogP contribution >= 0.6 is 39.1 Å². The molecule has 0 aliphatic carbocycles. The molecule has 4 heteroatoms. The van der Waals surface area contributed by atoms with Crippen LogP contribution in [0.4, 0.5) is 0 Å². The molecule has 0 aliphatic heterocycles. The summed E-state index contributed by atoms with van der Waals surface area (Å²) in [5, 5.41) is -0.0123. The van der Waals surface area contributed by atoms with Gasteiger partial charge in [0.25, 0.3) is 0 Å². The second-order valence-corrected chi connectivity index (χ2v) is 2.08. The molecule has 0 aromatic carbocycles. The third-order valence-corrected chi connectivity index (χ3v) is 1.55. The Labute approximate surface area is 59.4 Å². The van der Waals surface area contributed by atoms with Crippen LogP contribution in [-0.4, -0.2) is 4.69 Å². The number of halogens is 3. The van der Waals surface area contributed by atoms with E-state index in [4.69, 9.17) is 23.2 Å². The SMILES string of the molecule is O=C(Br)/C(Cl)=C/Cl. The highest BCUT2D eigenvalue weighted by Gasteiger charge is 1.96. The van der Waals surface area contributed by atoms with Gasteiger partial charge in [-0.2, -0.15) is 0 Å². The fourth-order valence-corrected chi connectivity index (χ4v) is 0.388. The Morgan fingerprint density at radius 3 is 2.14 bits per heavy atom. The van der Waals surface area contributed by atoms with Gasteiger partial charge < -0.3 is 0 Å². The number of allylic oxidation sites excluding steroid dienone is 1. The van der Waals surface area contributed by atoms with Gasteiger partial charge in [0, 0.05) is 5.54 Å². The van der Waals surface area contributed by atoms with Crippen LogP contribution in [0.25, 0.3) is 0 Å². The molecule has 7 heavy (non-hydrogen) atoms. The zero-order valence-corrected chi connectivity index (χ0v) is 6.22. The van der Waals surface area contributed by atoms with Gasteiger partial charge in [-0.25, -0.2) is 0 Å². The Bertz CT molecular complexity index is 110. The topological polar surface area (TPSA) is 17.1 Å². The van der Waals surface area contributed by atoms with Gasteiger partial charge in [-0.15, -0.1) is 0 Å². The van der Waals surface area contributed by atoms with Crippen LogP contribution in [0.15, 0.2) is 10.6 Å². The minimum atomic E-state index is -0.399. The first-order chi connectivity index (χ1) is 3.18. The summed E-state index contributed by atoms with van der Waals surface area (Å²) in [5.74, 6) is 0. The number of hydrogen-bond acceptors (Lipinski definition) is 1. The van der Waals surface area contributed by atoms with Crippen molar-refractivity contribution in [1.29, 1.82) is 0 Å². The summed E-state index contributed by atoms with van der Waals surface area (Å²) in [6.07, 6.45) is 0. The van der Waals surface area contributed by atoms with E-state index in [0.717, 1.165) is 5.54 Å². The van der Waals surface area contributed by atoms with Crippen molar-refractivity contribution in [1.82, 2.24) is 0 Å². The number of carbonyl (C=O) groups is 1. The molecule has 0 atom stereocenters. The molecule has 0 saturated carbocycles.